The van der Waals surface area contributed by atoms with E-state index in [4.69, 9.17) is 0 Å². The van der Waals surface area contributed by atoms with Gasteiger partial charge < -0.3 is 5.32 Å². The molecule has 0 aliphatic heterocycles. The Kier molecular flexibility index (Phi) is 4.77. The second kappa shape index (κ2) is 7.03. The van der Waals surface area contributed by atoms with E-state index in [0.29, 0.717) is 11.8 Å². The molecule has 3 rings (SSSR count). The highest BCUT2D eigenvalue weighted by atomic mass is 32.2. The summed E-state index contributed by atoms with van der Waals surface area (Å²) in [5.74, 6) is -3.42. The quantitative estimate of drug-likeness (QED) is 0.496. The highest BCUT2D eigenvalue weighted by Gasteiger charge is 2.29. The van der Waals surface area contributed by atoms with Gasteiger partial charge >= 0.3 is 5.76 Å². The molecule has 0 amide bonds. The number of nitro groups is 1. The fourth-order valence-corrected chi connectivity index (χ4v) is 2.85. The lowest BCUT2D eigenvalue weighted by molar-refractivity contribution is -0.384. The fourth-order valence-electron chi connectivity index (χ4n) is 2.11. The van der Waals surface area contributed by atoms with Gasteiger partial charge in [0.25, 0.3) is 5.69 Å². The average Bonchev–Trinajstić information content (AvgIpc) is 3.11. The molecule has 10 nitrogen and oxygen atoms in total. The minimum atomic E-state index is -4.95. The zero-order valence-electron chi connectivity index (χ0n) is 13.2. The van der Waals surface area contributed by atoms with Gasteiger partial charge in [-0.2, -0.15) is 13.9 Å². The summed E-state index contributed by atoms with van der Waals surface area (Å²) in [4.78, 5) is 17.5. The zero-order valence-corrected chi connectivity index (χ0v) is 14.0. The highest BCUT2D eigenvalue weighted by molar-refractivity contribution is 7.91. The molecule has 0 aliphatic carbocycles. The van der Waals surface area contributed by atoms with E-state index >= 15 is 0 Å². The summed E-state index contributed by atoms with van der Waals surface area (Å²) in [5, 5.41) is 17.9. The van der Waals surface area contributed by atoms with Crippen LogP contribution in [0.3, 0.4) is 0 Å². The van der Waals surface area contributed by atoms with Crippen molar-refractivity contribution in [2.45, 2.75) is 10.7 Å². The van der Waals surface area contributed by atoms with Gasteiger partial charge in [0.05, 0.1) is 27.9 Å². The minimum Gasteiger partial charge on any atom is -0.347 e. The first-order chi connectivity index (χ1) is 12.8. The molecule has 0 saturated carbocycles. The molecule has 0 saturated heterocycles. The van der Waals surface area contributed by atoms with Crippen LogP contribution in [0.15, 0.2) is 53.9 Å². The third-order valence-electron chi connectivity index (χ3n) is 3.35. The van der Waals surface area contributed by atoms with Crippen LogP contribution in [-0.2, 0) is 9.84 Å². The Morgan fingerprint density at radius 2 is 1.93 bits per heavy atom. The van der Waals surface area contributed by atoms with E-state index in [1.54, 1.807) is 6.07 Å². The van der Waals surface area contributed by atoms with Crippen LogP contribution in [0.1, 0.15) is 0 Å². The third kappa shape index (κ3) is 3.72. The topological polar surface area (TPSA) is 133 Å². The van der Waals surface area contributed by atoms with Crippen molar-refractivity contribution < 1.29 is 22.1 Å². The van der Waals surface area contributed by atoms with Crippen LogP contribution in [0.4, 0.5) is 25.8 Å². The molecule has 2 aromatic heterocycles. The molecule has 0 radical (unpaired) electrons. The second-order valence-corrected chi connectivity index (χ2v) is 7.01. The van der Waals surface area contributed by atoms with Crippen LogP contribution in [0.2, 0.25) is 0 Å². The molecular formula is C14H10F2N6O4S. The summed E-state index contributed by atoms with van der Waals surface area (Å²) in [6, 6.07) is 4.09. The minimum absolute atomic E-state index is 0.0956. The van der Waals surface area contributed by atoms with Gasteiger partial charge in [-0.3, -0.25) is 10.1 Å². The molecule has 0 bridgehead atoms. The number of nitrogens with zero attached hydrogens (tertiary/aromatic N) is 5. The maximum atomic E-state index is 12.6. The number of rotatable bonds is 6. The Hall–Kier alpha value is -3.48. The third-order valence-corrected chi connectivity index (χ3v) is 4.73. The summed E-state index contributed by atoms with van der Waals surface area (Å²) in [5.41, 5.74) is -0.461. The average molecular weight is 396 g/mol. The van der Waals surface area contributed by atoms with Gasteiger partial charge in [-0.15, -0.1) is 0 Å². The molecule has 0 fully saturated rings. The van der Waals surface area contributed by atoms with Crippen molar-refractivity contribution >= 4 is 26.9 Å². The number of sulfone groups is 1. The van der Waals surface area contributed by atoms with Crippen molar-refractivity contribution in [2.24, 2.45) is 0 Å². The Morgan fingerprint density at radius 3 is 2.56 bits per heavy atom. The van der Waals surface area contributed by atoms with E-state index < -0.39 is 31.1 Å². The molecule has 140 valence electrons. The van der Waals surface area contributed by atoms with Crippen molar-refractivity contribution in [3.05, 3.63) is 59.2 Å². The first-order valence-electron chi connectivity index (χ1n) is 7.18. The predicted octanol–water partition coefficient (Wildman–Crippen LogP) is 2.31. The van der Waals surface area contributed by atoms with Crippen molar-refractivity contribution in [1.82, 2.24) is 19.7 Å². The molecule has 0 atom stereocenters. The molecule has 2 heterocycles. The largest absolute Gasteiger partial charge is 0.347 e. The predicted molar refractivity (Wildman–Crippen MR) is 88.7 cm³/mol. The van der Waals surface area contributed by atoms with Crippen LogP contribution in [0.5, 0.6) is 0 Å². The Morgan fingerprint density at radius 1 is 1.22 bits per heavy atom. The normalized spacial score (nSPS) is 11.5. The standard InChI is InChI=1S/C14H10F2N6O4S/c15-13(16)27(25,26)10-2-3-11(12(6-10)22(23)24)20-9-7-19-21(8-9)14-17-4-1-5-18-14/h1-8,13,20H. The lowest BCUT2D eigenvalue weighted by Crippen LogP contribution is -2.12. The monoisotopic (exact) mass is 396 g/mol. The number of anilines is 2. The summed E-state index contributed by atoms with van der Waals surface area (Å²) >= 11 is 0. The van der Waals surface area contributed by atoms with Gasteiger partial charge in [0.2, 0.25) is 15.8 Å². The highest BCUT2D eigenvalue weighted by Crippen LogP contribution is 2.31. The zero-order chi connectivity index (χ0) is 19.6. The number of hydrogen-bond acceptors (Lipinski definition) is 8. The number of nitro benzene ring substituents is 1. The summed E-state index contributed by atoms with van der Waals surface area (Å²) in [6.45, 7) is 0. The van der Waals surface area contributed by atoms with Gasteiger partial charge in [0.15, 0.2) is 0 Å². The molecule has 0 unspecified atom stereocenters. The van der Waals surface area contributed by atoms with Crippen LogP contribution < -0.4 is 5.32 Å². The Labute approximate surface area is 150 Å². The van der Waals surface area contributed by atoms with Crippen LogP contribution in [-0.4, -0.2) is 38.8 Å². The number of halogens is 2. The Bertz CT molecular complexity index is 1090. The van der Waals surface area contributed by atoms with E-state index in [9.17, 15) is 27.3 Å². The van der Waals surface area contributed by atoms with Crippen LogP contribution in [0, 0.1) is 10.1 Å². The smallest absolute Gasteiger partial charge is 0.341 e. The van der Waals surface area contributed by atoms with Crippen LogP contribution >= 0.6 is 0 Å². The SMILES string of the molecule is O=[N+]([O-])c1cc(S(=O)(=O)C(F)F)ccc1Nc1cnn(-c2ncccn2)c1. The molecule has 1 aromatic carbocycles. The molecule has 13 heteroatoms. The molecule has 0 aliphatic rings. The van der Waals surface area contributed by atoms with E-state index in [2.05, 4.69) is 20.4 Å². The first-order valence-corrected chi connectivity index (χ1v) is 8.73. The first kappa shape index (κ1) is 18.3. The van der Waals surface area contributed by atoms with E-state index in [-0.39, 0.29) is 11.6 Å². The fraction of sp³-hybridized carbons (Fsp3) is 0.0714. The number of nitrogens with one attached hydrogen (secondary N) is 1. The molecule has 0 spiro atoms. The maximum absolute atomic E-state index is 12.6. The Balaban J connectivity index is 1.94. The molecule has 3 aromatic rings. The summed E-state index contributed by atoms with van der Waals surface area (Å²) < 4.78 is 49.6. The number of alkyl halides is 2. The van der Waals surface area contributed by atoms with Gasteiger partial charge in [-0.1, -0.05) is 0 Å². The van der Waals surface area contributed by atoms with E-state index in [0.717, 1.165) is 12.1 Å². The van der Waals surface area contributed by atoms with Gasteiger partial charge in [0.1, 0.15) is 5.69 Å². The lowest BCUT2D eigenvalue weighted by Gasteiger charge is -2.07. The number of aromatic nitrogens is 4. The second-order valence-electron chi connectivity index (χ2n) is 5.09. The van der Waals surface area contributed by atoms with Crippen LogP contribution in [0.25, 0.3) is 5.95 Å². The van der Waals surface area contributed by atoms with Crippen molar-refractivity contribution in [3.63, 3.8) is 0 Å². The maximum Gasteiger partial charge on any atom is 0.341 e. The molecule has 27 heavy (non-hydrogen) atoms. The van der Waals surface area contributed by atoms with E-state index in [1.807, 2.05) is 0 Å². The summed E-state index contributed by atoms with van der Waals surface area (Å²) in [7, 11) is -4.95. The van der Waals surface area contributed by atoms with E-state index in [1.165, 1.54) is 29.5 Å². The summed E-state index contributed by atoms with van der Waals surface area (Å²) in [6.07, 6.45) is 5.79. The van der Waals surface area contributed by atoms with Gasteiger partial charge in [-0.05, 0) is 18.2 Å². The lowest BCUT2D eigenvalue weighted by atomic mass is 10.2. The van der Waals surface area contributed by atoms with Gasteiger partial charge in [-0.25, -0.2) is 23.1 Å². The van der Waals surface area contributed by atoms with Gasteiger partial charge in [0, 0.05) is 18.5 Å². The number of hydrogen-bond donors (Lipinski definition) is 1. The number of benzene rings is 1. The molecular weight excluding hydrogens is 386 g/mol. The van der Waals surface area contributed by atoms with Crippen molar-refractivity contribution in [2.75, 3.05) is 5.32 Å². The van der Waals surface area contributed by atoms with Crippen molar-refractivity contribution in [3.8, 4) is 5.95 Å². The van der Waals surface area contributed by atoms with Crippen molar-refractivity contribution in [1.29, 1.82) is 0 Å². The molecule has 1 N–H and O–H groups in total.